The van der Waals surface area contributed by atoms with Gasteiger partial charge < -0.3 is 5.32 Å². The lowest BCUT2D eigenvalue weighted by Crippen LogP contribution is -2.19. The Morgan fingerprint density at radius 1 is 1.22 bits per heavy atom. The van der Waals surface area contributed by atoms with Crippen molar-refractivity contribution >= 4 is 0 Å². The van der Waals surface area contributed by atoms with Crippen LogP contribution in [0.3, 0.4) is 0 Å². The van der Waals surface area contributed by atoms with Crippen molar-refractivity contribution in [1.82, 2.24) is 15.1 Å². The van der Waals surface area contributed by atoms with Crippen LogP contribution in [0.25, 0.3) is 0 Å². The summed E-state index contributed by atoms with van der Waals surface area (Å²) in [5.74, 6) is -0.182. The third-order valence-electron chi connectivity index (χ3n) is 2.91. The molecule has 18 heavy (non-hydrogen) atoms. The Hall–Kier alpha value is -1.68. The number of nitrogens with one attached hydrogen (secondary N) is 1. The fourth-order valence-electron chi connectivity index (χ4n) is 1.90. The van der Waals surface area contributed by atoms with Gasteiger partial charge in [-0.2, -0.15) is 5.10 Å². The first-order valence-electron chi connectivity index (χ1n) is 6.25. The molecule has 0 amide bonds. The third-order valence-corrected chi connectivity index (χ3v) is 2.91. The average Bonchev–Trinajstić information content (AvgIpc) is 2.84. The molecule has 1 aromatic carbocycles. The van der Waals surface area contributed by atoms with E-state index in [9.17, 15) is 4.39 Å². The Bertz CT molecular complexity index is 476. The smallest absolute Gasteiger partial charge is 0.123 e. The third kappa shape index (κ3) is 3.40. The van der Waals surface area contributed by atoms with Crippen molar-refractivity contribution in [3.63, 3.8) is 0 Å². The second-order valence-corrected chi connectivity index (χ2v) is 4.19. The van der Waals surface area contributed by atoms with Crippen molar-refractivity contribution in [3.05, 3.63) is 53.6 Å². The summed E-state index contributed by atoms with van der Waals surface area (Å²) in [6, 6.07) is 8.68. The summed E-state index contributed by atoms with van der Waals surface area (Å²) in [6.07, 6.45) is 2.72. The number of benzene rings is 1. The molecule has 0 saturated carbocycles. The van der Waals surface area contributed by atoms with Gasteiger partial charge in [-0.3, -0.25) is 4.68 Å². The molecule has 0 aliphatic rings. The molecule has 96 valence electrons. The maximum absolute atomic E-state index is 12.7. The second-order valence-electron chi connectivity index (χ2n) is 4.19. The van der Waals surface area contributed by atoms with E-state index in [4.69, 9.17) is 0 Å². The zero-order valence-electron chi connectivity index (χ0n) is 10.6. The van der Waals surface area contributed by atoms with Gasteiger partial charge in [0.15, 0.2) is 0 Å². The van der Waals surface area contributed by atoms with Gasteiger partial charge in [0.1, 0.15) is 5.82 Å². The minimum Gasteiger partial charge on any atom is -0.311 e. The first-order valence-corrected chi connectivity index (χ1v) is 6.25. The van der Waals surface area contributed by atoms with Crippen LogP contribution in [0.15, 0.2) is 36.5 Å². The molecule has 0 aliphatic heterocycles. The van der Waals surface area contributed by atoms with E-state index in [1.54, 1.807) is 0 Å². The molecule has 1 N–H and O–H groups in total. The van der Waals surface area contributed by atoms with Crippen LogP contribution in [0.2, 0.25) is 0 Å². The standard InChI is InChI=1S/C14H18FN3/c1-2-18-14(8-10-17-18)11-16-9-7-12-3-5-13(15)6-4-12/h3-6,8,10,16H,2,7,9,11H2,1H3. The second kappa shape index (κ2) is 6.31. The quantitative estimate of drug-likeness (QED) is 0.794. The summed E-state index contributed by atoms with van der Waals surface area (Å²) < 4.78 is 14.7. The van der Waals surface area contributed by atoms with Gasteiger partial charge in [0.05, 0.1) is 5.69 Å². The largest absolute Gasteiger partial charge is 0.311 e. The summed E-state index contributed by atoms with van der Waals surface area (Å²) in [5, 5.41) is 7.59. The summed E-state index contributed by atoms with van der Waals surface area (Å²) in [6.45, 7) is 4.66. The molecular formula is C14H18FN3. The van der Waals surface area contributed by atoms with Crippen molar-refractivity contribution in [3.8, 4) is 0 Å². The van der Waals surface area contributed by atoms with Crippen LogP contribution < -0.4 is 5.32 Å². The fraction of sp³-hybridized carbons (Fsp3) is 0.357. The minimum absolute atomic E-state index is 0.182. The lowest BCUT2D eigenvalue weighted by molar-refractivity contribution is 0.582. The van der Waals surface area contributed by atoms with Gasteiger partial charge in [-0.05, 0) is 43.7 Å². The highest BCUT2D eigenvalue weighted by Gasteiger charge is 1.99. The molecule has 0 saturated heterocycles. The first kappa shape index (κ1) is 12.8. The molecule has 3 nitrogen and oxygen atoms in total. The molecule has 4 heteroatoms. The van der Waals surface area contributed by atoms with Crippen molar-refractivity contribution in [2.24, 2.45) is 0 Å². The van der Waals surface area contributed by atoms with Crippen LogP contribution in [0.4, 0.5) is 4.39 Å². The number of hydrogen-bond donors (Lipinski definition) is 1. The van der Waals surface area contributed by atoms with Crippen LogP contribution in [0.5, 0.6) is 0 Å². The van der Waals surface area contributed by atoms with E-state index in [1.807, 2.05) is 29.1 Å². The van der Waals surface area contributed by atoms with Gasteiger partial charge in [0, 0.05) is 19.3 Å². The number of aryl methyl sites for hydroxylation is 1. The highest BCUT2D eigenvalue weighted by atomic mass is 19.1. The van der Waals surface area contributed by atoms with Crippen LogP contribution in [0, 0.1) is 5.82 Å². The van der Waals surface area contributed by atoms with E-state index < -0.39 is 0 Å². The molecular weight excluding hydrogens is 229 g/mol. The summed E-state index contributed by atoms with van der Waals surface area (Å²) in [4.78, 5) is 0. The van der Waals surface area contributed by atoms with Crippen LogP contribution in [0.1, 0.15) is 18.2 Å². The normalized spacial score (nSPS) is 10.8. The predicted molar refractivity (Wildman–Crippen MR) is 69.7 cm³/mol. The monoisotopic (exact) mass is 247 g/mol. The molecule has 1 aromatic heterocycles. The van der Waals surface area contributed by atoms with Gasteiger partial charge in [-0.1, -0.05) is 12.1 Å². The Balaban J connectivity index is 1.74. The molecule has 2 aromatic rings. The fourth-order valence-corrected chi connectivity index (χ4v) is 1.90. The van der Waals surface area contributed by atoms with Gasteiger partial charge >= 0.3 is 0 Å². The summed E-state index contributed by atoms with van der Waals surface area (Å²) in [7, 11) is 0. The zero-order valence-corrected chi connectivity index (χ0v) is 10.6. The average molecular weight is 247 g/mol. The van der Waals surface area contributed by atoms with Crippen LogP contribution >= 0.6 is 0 Å². The van der Waals surface area contributed by atoms with Crippen LogP contribution in [-0.4, -0.2) is 16.3 Å². The lowest BCUT2D eigenvalue weighted by atomic mass is 10.1. The van der Waals surface area contributed by atoms with Crippen molar-refractivity contribution < 1.29 is 4.39 Å². The molecule has 0 atom stereocenters. The Morgan fingerprint density at radius 3 is 2.72 bits per heavy atom. The highest BCUT2D eigenvalue weighted by molar-refractivity contribution is 5.16. The molecule has 0 radical (unpaired) electrons. The number of nitrogens with zero attached hydrogens (tertiary/aromatic N) is 2. The molecule has 2 rings (SSSR count). The van der Waals surface area contributed by atoms with E-state index in [-0.39, 0.29) is 5.82 Å². The number of hydrogen-bond acceptors (Lipinski definition) is 2. The zero-order chi connectivity index (χ0) is 12.8. The highest BCUT2D eigenvalue weighted by Crippen LogP contribution is 2.03. The van der Waals surface area contributed by atoms with E-state index in [1.165, 1.54) is 17.8 Å². The Kier molecular flexibility index (Phi) is 4.47. The molecule has 0 fully saturated rings. The Morgan fingerprint density at radius 2 is 2.00 bits per heavy atom. The molecule has 0 aliphatic carbocycles. The van der Waals surface area contributed by atoms with E-state index >= 15 is 0 Å². The molecule has 0 unspecified atom stereocenters. The lowest BCUT2D eigenvalue weighted by Gasteiger charge is -2.07. The van der Waals surface area contributed by atoms with E-state index in [2.05, 4.69) is 17.3 Å². The van der Waals surface area contributed by atoms with Gasteiger partial charge in [0.25, 0.3) is 0 Å². The van der Waals surface area contributed by atoms with Crippen molar-refractivity contribution in [2.45, 2.75) is 26.4 Å². The maximum atomic E-state index is 12.7. The van der Waals surface area contributed by atoms with Crippen molar-refractivity contribution in [1.29, 1.82) is 0 Å². The molecule has 0 bridgehead atoms. The van der Waals surface area contributed by atoms with Crippen molar-refractivity contribution in [2.75, 3.05) is 6.54 Å². The van der Waals surface area contributed by atoms with Gasteiger partial charge in [-0.25, -0.2) is 4.39 Å². The molecule has 1 heterocycles. The van der Waals surface area contributed by atoms with Crippen LogP contribution in [-0.2, 0) is 19.5 Å². The van der Waals surface area contributed by atoms with E-state index in [0.29, 0.717) is 0 Å². The predicted octanol–water partition coefficient (Wildman–Crippen LogP) is 2.37. The SMILES string of the molecule is CCn1nccc1CNCCc1ccc(F)cc1. The number of rotatable bonds is 6. The Labute approximate surface area is 107 Å². The topological polar surface area (TPSA) is 29.9 Å². The van der Waals surface area contributed by atoms with Gasteiger partial charge in [-0.15, -0.1) is 0 Å². The number of aromatic nitrogens is 2. The molecule has 0 spiro atoms. The number of halogens is 1. The minimum atomic E-state index is -0.182. The van der Waals surface area contributed by atoms with E-state index in [0.717, 1.165) is 31.6 Å². The van der Waals surface area contributed by atoms with Gasteiger partial charge in [0.2, 0.25) is 0 Å². The summed E-state index contributed by atoms with van der Waals surface area (Å²) >= 11 is 0. The summed E-state index contributed by atoms with van der Waals surface area (Å²) in [5.41, 5.74) is 2.34. The maximum Gasteiger partial charge on any atom is 0.123 e. The first-order chi connectivity index (χ1) is 8.79.